The van der Waals surface area contributed by atoms with Crippen molar-refractivity contribution in [1.82, 2.24) is 39.2 Å². The maximum Gasteiger partial charge on any atom is 0.0125 e. The molecule has 0 unspecified atom stereocenters. The molecule has 2 atom stereocenters. The second-order valence-electron chi connectivity index (χ2n) is 39.3. The van der Waals surface area contributed by atoms with E-state index in [1.165, 1.54) is 143 Å². The Hall–Kier alpha value is -0.320. The highest BCUT2D eigenvalue weighted by atomic mass is 15.3. The van der Waals surface area contributed by atoms with Crippen LogP contribution in [0.25, 0.3) is 0 Å². The van der Waals surface area contributed by atoms with Crippen LogP contribution in [-0.2, 0) is 0 Å². The van der Waals surface area contributed by atoms with Crippen LogP contribution in [-0.4, -0.2) is 188 Å². The molecule has 8 aliphatic rings. The summed E-state index contributed by atoms with van der Waals surface area (Å²) in [5.41, 5.74) is 4.16. The summed E-state index contributed by atoms with van der Waals surface area (Å²) in [7, 11) is 0. The lowest BCUT2D eigenvalue weighted by Gasteiger charge is -2.46. The topological polar surface area (TPSA) is 25.9 Å². The summed E-state index contributed by atoms with van der Waals surface area (Å²) in [4.78, 5) is 20.4. The predicted molar refractivity (Wildman–Crippen MR) is 447 cm³/mol. The zero-order valence-corrected chi connectivity index (χ0v) is 76.8. The van der Waals surface area contributed by atoms with E-state index in [2.05, 4.69) is 288 Å². The number of likely N-dealkylation sites (tertiary alicyclic amines) is 8. The molecule has 0 spiro atoms. The highest BCUT2D eigenvalue weighted by Crippen LogP contribution is 2.38. The Morgan fingerprint density at radius 1 is 0.167 bits per heavy atom. The lowest BCUT2D eigenvalue weighted by Crippen LogP contribution is -2.54. The fraction of sp³-hybridized carbons (Fsp3) is 1.00. The lowest BCUT2D eigenvalue weighted by molar-refractivity contribution is 0.0224. The molecule has 0 aromatic carbocycles. The number of piperidine rings is 2. The zero-order chi connectivity index (χ0) is 77.8. The molecule has 8 aliphatic heterocycles. The van der Waals surface area contributed by atoms with E-state index in [-0.39, 0.29) is 0 Å². The third-order valence-electron chi connectivity index (χ3n) is 20.1. The highest BCUT2D eigenvalue weighted by molar-refractivity contribution is 4.91. The van der Waals surface area contributed by atoms with Gasteiger partial charge in [0, 0.05) is 110 Å². The molecule has 0 bridgehead atoms. The lowest BCUT2D eigenvalue weighted by atomic mass is 9.75. The number of hydrogen-bond acceptors (Lipinski definition) is 8. The van der Waals surface area contributed by atoms with Crippen molar-refractivity contribution in [2.45, 2.75) is 415 Å². The highest BCUT2D eigenvalue weighted by Gasteiger charge is 2.37. The average Bonchev–Trinajstić information content (AvgIpc) is 1.44. The summed E-state index contributed by atoms with van der Waals surface area (Å²) in [6, 6.07) is 0. The molecule has 588 valence electrons. The standard InChI is InChI=1S/2C13H27N.2C9H19N.4C8H17N.6C2H6/c2*1-12(2,3)11-7-9-14(10-8-11)13(4,5)6;2*1-8-5-6-10(7-8)9(2,3)4;4*1-7-5-9(6-7)8(2,3)4;6*1-2/h2*11H,7-10H2,1-6H3;2*8H,5-7H2,1-4H3;4*7H,5-6H2,1-4H3;6*1-2H3/t;;2*8-;;;;;;;;;;/m..10........../s1. The van der Waals surface area contributed by atoms with E-state index < -0.39 is 0 Å². The van der Waals surface area contributed by atoms with E-state index in [0.29, 0.717) is 55.1 Å². The molecule has 8 rings (SSSR count). The SMILES string of the molecule is CC.CC.CC.CC.CC.CC.CC(C)(C)C1CCN(C(C)(C)C)CC1.CC(C)(C)C1CCN(C(C)(C)C)CC1.CC1CN(C(C)(C)C)C1.CC1CN(C(C)(C)C)C1.CC1CN(C(C)(C)C)C1.CC1CN(C(C)(C)C)C1.C[C@@H]1CCN(C(C)(C)C)C1.C[C@H]1CCN(C(C)(C)C)C1. The maximum absolute atomic E-state index is 2.62. The third-order valence-corrected chi connectivity index (χ3v) is 20.1. The monoisotopic (exact) mass is 1370 g/mol. The van der Waals surface area contributed by atoms with Gasteiger partial charge in [-0.1, -0.05) is 166 Å². The van der Waals surface area contributed by atoms with Gasteiger partial charge >= 0.3 is 0 Å². The smallest absolute Gasteiger partial charge is 0.0125 e. The van der Waals surface area contributed by atoms with Gasteiger partial charge in [-0.15, -0.1) is 0 Å². The quantitative estimate of drug-likeness (QED) is 0.237. The average molecular weight is 1370 g/mol. The van der Waals surface area contributed by atoms with Crippen LogP contribution < -0.4 is 0 Å². The molecular formula is C88H196N8. The zero-order valence-electron chi connectivity index (χ0n) is 76.8. The van der Waals surface area contributed by atoms with E-state index >= 15 is 0 Å². The van der Waals surface area contributed by atoms with Gasteiger partial charge in [0.1, 0.15) is 0 Å². The molecule has 0 aromatic heterocycles. The van der Waals surface area contributed by atoms with E-state index in [4.69, 9.17) is 0 Å². The molecule has 0 saturated carbocycles. The van der Waals surface area contributed by atoms with Crippen LogP contribution in [0.3, 0.4) is 0 Å². The molecule has 0 radical (unpaired) electrons. The van der Waals surface area contributed by atoms with E-state index in [0.717, 1.165) is 47.3 Å². The van der Waals surface area contributed by atoms with Crippen molar-refractivity contribution in [3.05, 3.63) is 0 Å². The van der Waals surface area contributed by atoms with Crippen LogP contribution in [0.2, 0.25) is 0 Å². The minimum Gasteiger partial charge on any atom is -0.298 e. The van der Waals surface area contributed by atoms with Crippen molar-refractivity contribution in [2.75, 3.05) is 105 Å². The molecule has 8 heteroatoms. The van der Waals surface area contributed by atoms with Crippen LogP contribution >= 0.6 is 0 Å². The van der Waals surface area contributed by atoms with Crippen molar-refractivity contribution in [2.24, 2.45) is 58.2 Å². The van der Waals surface area contributed by atoms with Crippen LogP contribution in [0, 0.1) is 58.2 Å². The molecule has 8 saturated heterocycles. The van der Waals surface area contributed by atoms with Crippen molar-refractivity contribution in [1.29, 1.82) is 0 Å². The Morgan fingerprint density at radius 3 is 0.365 bits per heavy atom. The van der Waals surface area contributed by atoms with E-state index in [1.54, 1.807) is 0 Å². The maximum atomic E-state index is 2.62. The summed E-state index contributed by atoms with van der Waals surface area (Å²) in [5.74, 6) is 7.41. The minimum absolute atomic E-state index is 0.364. The molecule has 0 aliphatic carbocycles. The Bertz CT molecular complexity index is 1500. The molecule has 8 heterocycles. The predicted octanol–water partition coefficient (Wildman–Crippen LogP) is 24.4. The Kier molecular flexibility index (Phi) is 54.9. The third kappa shape index (κ3) is 47.8. The molecule has 8 fully saturated rings. The summed E-state index contributed by atoms with van der Waals surface area (Å²) >= 11 is 0. The van der Waals surface area contributed by atoms with Crippen LogP contribution in [0.15, 0.2) is 0 Å². The first-order chi connectivity index (χ1) is 43.4. The van der Waals surface area contributed by atoms with Crippen LogP contribution in [0.1, 0.15) is 371 Å². The number of nitrogens with zero attached hydrogens (tertiary/aromatic N) is 8. The largest absolute Gasteiger partial charge is 0.298 e. The molecule has 0 N–H and O–H groups in total. The summed E-state index contributed by atoms with van der Waals surface area (Å²) in [6.07, 6.45) is 8.28. The van der Waals surface area contributed by atoms with Gasteiger partial charge < -0.3 is 0 Å². The van der Waals surface area contributed by atoms with Crippen LogP contribution in [0.4, 0.5) is 0 Å². The normalized spacial score (nSPS) is 22.1. The van der Waals surface area contributed by atoms with Gasteiger partial charge in [0.15, 0.2) is 0 Å². The van der Waals surface area contributed by atoms with Gasteiger partial charge in [-0.3, -0.25) is 39.2 Å². The molecular weight excluding hydrogens is 1170 g/mol. The van der Waals surface area contributed by atoms with Gasteiger partial charge in [0.2, 0.25) is 0 Å². The second-order valence-corrected chi connectivity index (χ2v) is 39.3. The fourth-order valence-electron chi connectivity index (χ4n) is 12.9. The first-order valence-electron chi connectivity index (χ1n) is 41.4. The Balaban J connectivity index is -0.000000237. The van der Waals surface area contributed by atoms with Gasteiger partial charge in [-0.25, -0.2) is 0 Å². The van der Waals surface area contributed by atoms with Crippen molar-refractivity contribution in [3.8, 4) is 0 Å². The van der Waals surface area contributed by atoms with Gasteiger partial charge in [-0.2, -0.15) is 0 Å². The summed E-state index contributed by atoms with van der Waals surface area (Å²) in [5, 5.41) is 0. The second kappa shape index (κ2) is 49.4. The van der Waals surface area contributed by atoms with E-state index in [9.17, 15) is 0 Å². The van der Waals surface area contributed by atoms with Crippen LogP contribution in [0.5, 0.6) is 0 Å². The molecule has 8 nitrogen and oxygen atoms in total. The summed E-state index contributed by atoms with van der Waals surface area (Å²) in [6.45, 7) is 128. The van der Waals surface area contributed by atoms with Crippen molar-refractivity contribution in [3.63, 3.8) is 0 Å². The summed E-state index contributed by atoms with van der Waals surface area (Å²) < 4.78 is 0. The fourth-order valence-corrected chi connectivity index (χ4v) is 12.9. The number of rotatable bonds is 0. The molecule has 96 heavy (non-hydrogen) atoms. The van der Waals surface area contributed by atoms with Gasteiger partial charge in [0.05, 0.1) is 0 Å². The Labute approximate surface area is 614 Å². The minimum atomic E-state index is 0.364. The molecule has 0 amide bonds. The first kappa shape index (κ1) is 107. The number of hydrogen-bond donors (Lipinski definition) is 0. The van der Waals surface area contributed by atoms with Crippen molar-refractivity contribution < 1.29 is 0 Å². The van der Waals surface area contributed by atoms with Gasteiger partial charge in [0.25, 0.3) is 0 Å². The van der Waals surface area contributed by atoms with E-state index in [1.807, 2.05) is 83.1 Å². The first-order valence-corrected chi connectivity index (χ1v) is 41.4. The van der Waals surface area contributed by atoms with Crippen molar-refractivity contribution >= 4 is 0 Å². The Morgan fingerprint density at radius 2 is 0.292 bits per heavy atom. The molecule has 0 aromatic rings. The van der Waals surface area contributed by atoms with Gasteiger partial charge in [-0.05, 0) is 302 Å².